The number of carbonyl (C=O) groups is 1. The van der Waals surface area contributed by atoms with Crippen molar-refractivity contribution in [3.63, 3.8) is 0 Å². The number of hydrogen-bond acceptors (Lipinski definition) is 2. The Labute approximate surface area is 95.8 Å². The largest absolute Gasteiger partial charge is 0.497 e. The summed E-state index contributed by atoms with van der Waals surface area (Å²) in [6.45, 7) is 2.30. The van der Waals surface area contributed by atoms with Crippen molar-refractivity contribution in [1.29, 1.82) is 0 Å². The first-order valence-corrected chi connectivity index (χ1v) is 5.55. The molecule has 1 amide bonds. The summed E-state index contributed by atoms with van der Waals surface area (Å²) in [6, 6.07) is 8.13. The number of rotatable bonds is 4. The standard InChI is InChI=1S/C13H17NO2/c1-10(15)14-9-13(7-8-13)11-3-5-12(16-2)6-4-11/h3-6H,7-9H2,1-2H3,(H,14,15). The molecular weight excluding hydrogens is 202 g/mol. The second kappa shape index (κ2) is 4.16. The number of carbonyl (C=O) groups excluding carboxylic acids is 1. The molecule has 2 rings (SSSR count). The van der Waals surface area contributed by atoms with Crippen molar-refractivity contribution in [1.82, 2.24) is 5.32 Å². The number of nitrogens with one attached hydrogen (secondary N) is 1. The van der Waals surface area contributed by atoms with Crippen LogP contribution in [0, 0.1) is 0 Å². The fourth-order valence-electron chi connectivity index (χ4n) is 1.96. The Bertz CT molecular complexity index is 379. The van der Waals surface area contributed by atoms with Crippen molar-refractivity contribution >= 4 is 5.91 Å². The molecule has 0 unspecified atom stereocenters. The van der Waals surface area contributed by atoms with E-state index in [4.69, 9.17) is 4.74 Å². The Kier molecular flexibility index (Phi) is 2.86. The number of ether oxygens (including phenoxy) is 1. The van der Waals surface area contributed by atoms with Gasteiger partial charge < -0.3 is 10.1 Å². The zero-order valence-electron chi connectivity index (χ0n) is 9.75. The van der Waals surface area contributed by atoms with Crippen molar-refractivity contribution in [3.8, 4) is 5.75 Å². The molecule has 1 aliphatic rings. The quantitative estimate of drug-likeness (QED) is 0.839. The van der Waals surface area contributed by atoms with Gasteiger partial charge in [0.05, 0.1) is 7.11 Å². The summed E-state index contributed by atoms with van der Waals surface area (Å²) in [4.78, 5) is 10.9. The van der Waals surface area contributed by atoms with Crippen molar-refractivity contribution in [2.24, 2.45) is 0 Å². The molecule has 16 heavy (non-hydrogen) atoms. The molecule has 0 saturated heterocycles. The Morgan fingerprint density at radius 3 is 2.44 bits per heavy atom. The molecule has 0 spiro atoms. The second-order valence-electron chi connectivity index (χ2n) is 4.42. The molecule has 1 N–H and O–H groups in total. The van der Waals surface area contributed by atoms with Crippen LogP contribution in [0.15, 0.2) is 24.3 Å². The van der Waals surface area contributed by atoms with Crippen LogP contribution in [0.5, 0.6) is 5.75 Å². The first-order chi connectivity index (χ1) is 7.66. The highest BCUT2D eigenvalue weighted by Crippen LogP contribution is 2.47. The van der Waals surface area contributed by atoms with Gasteiger partial charge >= 0.3 is 0 Å². The highest BCUT2D eigenvalue weighted by Gasteiger charge is 2.44. The van der Waals surface area contributed by atoms with Gasteiger partial charge in [-0.15, -0.1) is 0 Å². The fraction of sp³-hybridized carbons (Fsp3) is 0.462. The summed E-state index contributed by atoms with van der Waals surface area (Å²) in [6.07, 6.45) is 2.30. The van der Waals surface area contributed by atoms with E-state index in [0.29, 0.717) is 0 Å². The smallest absolute Gasteiger partial charge is 0.216 e. The summed E-state index contributed by atoms with van der Waals surface area (Å²) < 4.78 is 5.13. The maximum Gasteiger partial charge on any atom is 0.216 e. The predicted molar refractivity (Wildman–Crippen MR) is 62.6 cm³/mol. The molecule has 1 aromatic carbocycles. The van der Waals surface area contributed by atoms with E-state index in [1.54, 1.807) is 14.0 Å². The van der Waals surface area contributed by atoms with Gasteiger partial charge in [-0.3, -0.25) is 4.79 Å². The van der Waals surface area contributed by atoms with E-state index in [0.717, 1.165) is 25.1 Å². The van der Waals surface area contributed by atoms with Gasteiger partial charge in [-0.05, 0) is 30.5 Å². The predicted octanol–water partition coefficient (Wildman–Crippen LogP) is 1.86. The number of benzene rings is 1. The molecule has 0 atom stereocenters. The van der Waals surface area contributed by atoms with Crippen LogP contribution >= 0.6 is 0 Å². The van der Waals surface area contributed by atoms with Crippen LogP contribution in [-0.2, 0) is 10.2 Å². The Morgan fingerprint density at radius 1 is 1.38 bits per heavy atom. The van der Waals surface area contributed by atoms with E-state index < -0.39 is 0 Å². The lowest BCUT2D eigenvalue weighted by atomic mass is 9.96. The van der Waals surface area contributed by atoms with Gasteiger partial charge in [0.15, 0.2) is 0 Å². The third kappa shape index (κ3) is 2.18. The van der Waals surface area contributed by atoms with Crippen LogP contribution in [0.2, 0.25) is 0 Å². The molecular formula is C13H17NO2. The topological polar surface area (TPSA) is 38.3 Å². The van der Waals surface area contributed by atoms with E-state index in [9.17, 15) is 4.79 Å². The zero-order chi connectivity index (χ0) is 11.6. The molecule has 1 aromatic rings. The van der Waals surface area contributed by atoms with Gasteiger partial charge in [0.2, 0.25) is 5.91 Å². The number of amides is 1. The summed E-state index contributed by atoms with van der Waals surface area (Å²) in [5, 5.41) is 2.91. The van der Waals surface area contributed by atoms with E-state index in [-0.39, 0.29) is 11.3 Å². The van der Waals surface area contributed by atoms with Crippen LogP contribution in [-0.4, -0.2) is 19.6 Å². The maximum atomic E-state index is 10.9. The Balaban J connectivity index is 2.07. The molecule has 1 aliphatic carbocycles. The van der Waals surface area contributed by atoms with E-state index in [2.05, 4.69) is 17.4 Å². The Hall–Kier alpha value is -1.51. The maximum absolute atomic E-state index is 10.9. The summed E-state index contributed by atoms with van der Waals surface area (Å²) in [7, 11) is 1.67. The van der Waals surface area contributed by atoms with Crippen molar-refractivity contribution in [3.05, 3.63) is 29.8 Å². The van der Waals surface area contributed by atoms with Crippen LogP contribution in [0.1, 0.15) is 25.3 Å². The number of methoxy groups -OCH3 is 1. The minimum atomic E-state index is 0.0415. The average Bonchev–Trinajstić information content (AvgIpc) is 3.08. The summed E-state index contributed by atoms with van der Waals surface area (Å²) in [5.41, 5.74) is 1.47. The molecule has 86 valence electrons. The van der Waals surface area contributed by atoms with Crippen molar-refractivity contribution in [2.45, 2.75) is 25.2 Å². The lowest BCUT2D eigenvalue weighted by Gasteiger charge is -2.16. The lowest BCUT2D eigenvalue weighted by molar-refractivity contribution is -0.119. The molecule has 3 heteroatoms. The Morgan fingerprint density at radius 2 is 2.00 bits per heavy atom. The van der Waals surface area contributed by atoms with Gasteiger partial charge in [-0.1, -0.05) is 12.1 Å². The van der Waals surface area contributed by atoms with Gasteiger partial charge in [-0.25, -0.2) is 0 Å². The minimum Gasteiger partial charge on any atom is -0.497 e. The van der Waals surface area contributed by atoms with Gasteiger partial charge in [0, 0.05) is 18.9 Å². The monoisotopic (exact) mass is 219 g/mol. The van der Waals surface area contributed by atoms with E-state index >= 15 is 0 Å². The van der Waals surface area contributed by atoms with Gasteiger partial charge in [0.25, 0.3) is 0 Å². The fourth-order valence-corrected chi connectivity index (χ4v) is 1.96. The van der Waals surface area contributed by atoms with Crippen molar-refractivity contribution in [2.75, 3.05) is 13.7 Å². The van der Waals surface area contributed by atoms with Crippen LogP contribution < -0.4 is 10.1 Å². The molecule has 0 heterocycles. The lowest BCUT2D eigenvalue weighted by Crippen LogP contribution is -2.30. The molecule has 0 aliphatic heterocycles. The van der Waals surface area contributed by atoms with Crippen LogP contribution in [0.25, 0.3) is 0 Å². The zero-order valence-corrected chi connectivity index (χ0v) is 9.75. The van der Waals surface area contributed by atoms with Crippen LogP contribution in [0.4, 0.5) is 0 Å². The molecule has 3 nitrogen and oxygen atoms in total. The minimum absolute atomic E-state index is 0.0415. The van der Waals surface area contributed by atoms with Gasteiger partial charge in [-0.2, -0.15) is 0 Å². The highest BCUT2D eigenvalue weighted by atomic mass is 16.5. The molecule has 1 fully saturated rings. The number of hydrogen-bond donors (Lipinski definition) is 1. The summed E-state index contributed by atoms with van der Waals surface area (Å²) >= 11 is 0. The van der Waals surface area contributed by atoms with Crippen LogP contribution in [0.3, 0.4) is 0 Å². The SMILES string of the molecule is COc1ccc(C2(CNC(C)=O)CC2)cc1. The normalized spacial score (nSPS) is 16.6. The summed E-state index contributed by atoms with van der Waals surface area (Å²) in [5.74, 6) is 0.916. The first kappa shape index (κ1) is 11.0. The first-order valence-electron chi connectivity index (χ1n) is 5.55. The van der Waals surface area contributed by atoms with Gasteiger partial charge in [0.1, 0.15) is 5.75 Å². The molecule has 0 bridgehead atoms. The average molecular weight is 219 g/mol. The third-order valence-electron chi connectivity index (χ3n) is 3.23. The molecule has 0 radical (unpaired) electrons. The highest BCUT2D eigenvalue weighted by molar-refractivity contribution is 5.73. The van der Waals surface area contributed by atoms with Crippen molar-refractivity contribution < 1.29 is 9.53 Å². The van der Waals surface area contributed by atoms with E-state index in [1.165, 1.54) is 5.56 Å². The molecule has 1 saturated carbocycles. The van der Waals surface area contributed by atoms with E-state index in [1.807, 2.05) is 12.1 Å². The third-order valence-corrected chi connectivity index (χ3v) is 3.23. The second-order valence-corrected chi connectivity index (χ2v) is 4.42. The molecule has 0 aromatic heterocycles.